The zero-order valence-corrected chi connectivity index (χ0v) is 12.6. The first kappa shape index (κ1) is 14.9. The number of benzene rings is 1. The Morgan fingerprint density at radius 1 is 1.24 bits per heavy atom. The van der Waals surface area contributed by atoms with Crippen LogP contribution in [0.3, 0.4) is 0 Å². The summed E-state index contributed by atoms with van der Waals surface area (Å²) in [6.07, 6.45) is 1.15. The van der Waals surface area contributed by atoms with Crippen molar-refractivity contribution in [3.8, 4) is 5.75 Å². The summed E-state index contributed by atoms with van der Waals surface area (Å²) < 4.78 is 5.80. The number of hydrogen-bond acceptors (Lipinski definition) is 6. The van der Waals surface area contributed by atoms with E-state index in [-0.39, 0.29) is 12.1 Å². The van der Waals surface area contributed by atoms with Crippen molar-refractivity contribution in [1.82, 2.24) is 9.97 Å². The van der Waals surface area contributed by atoms with Gasteiger partial charge in [-0.25, -0.2) is 0 Å². The van der Waals surface area contributed by atoms with E-state index in [9.17, 15) is 0 Å². The minimum atomic E-state index is 0.186. The van der Waals surface area contributed by atoms with Crippen molar-refractivity contribution in [2.45, 2.75) is 26.4 Å². The zero-order chi connectivity index (χ0) is 15.2. The van der Waals surface area contributed by atoms with E-state index in [1.54, 1.807) is 13.1 Å². The molecule has 21 heavy (non-hydrogen) atoms. The molecule has 6 nitrogen and oxygen atoms in total. The molecule has 1 heterocycles. The fraction of sp³-hybridized carbons (Fsp3) is 0.333. The lowest BCUT2D eigenvalue weighted by molar-refractivity contribution is 0.217. The van der Waals surface area contributed by atoms with Crippen LogP contribution in [0.1, 0.15) is 20.3 Å². The minimum absolute atomic E-state index is 0.186. The molecule has 0 saturated heterocycles. The molecule has 1 aromatic carbocycles. The Morgan fingerprint density at radius 3 is 2.71 bits per heavy atom. The van der Waals surface area contributed by atoms with Gasteiger partial charge in [-0.05, 0) is 25.5 Å². The molecule has 0 fully saturated rings. The summed E-state index contributed by atoms with van der Waals surface area (Å²) >= 11 is 0. The van der Waals surface area contributed by atoms with E-state index in [2.05, 4.69) is 27.5 Å². The molecule has 0 aliphatic rings. The summed E-state index contributed by atoms with van der Waals surface area (Å²) in [5.41, 5.74) is 6.56. The van der Waals surface area contributed by atoms with Gasteiger partial charge in [-0.2, -0.15) is 9.97 Å². The first-order chi connectivity index (χ1) is 10.1. The summed E-state index contributed by atoms with van der Waals surface area (Å²) in [6.45, 7) is 4.14. The van der Waals surface area contributed by atoms with Crippen LogP contribution >= 0.6 is 0 Å². The number of rotatable bonds is 6. The van der Waals surface area contributed by atoms with E-state index in [0.29, 0.717) is 11.6 Å². The Bertz CT molecular complexity index is 602. The van der Waals surface area contributed by atoms with Gasteiger partial charge in [-0.3, -0.25) is 0 Å². The maximum Gasteiger partial charge on any atom is 0.223 e. The normalized spacial score (nSPS) is 11.8. The Balaban J connectivity index is 2.16. The quantitative estimate of drug-likeness (QED) is 0.757. The molecule has 2 rings (SSSR count). The lowest BCUT2D eigenvalue weighted by Gasteiger charge is -2.14. The van der Waals surface area contributed by atoms with Gasteiger partial charge < -0.3 is 21.1 Å². The number of nitrogen functional groups attached to an aromatic ring is 1. The van der Waals surface area contributed by atoms with Crippen molar-refractivity contribution in [3.05, 3.63) is 30.3 Å². The van der Waals surface area contributed by atoms with Crippen molar-refractivity contribution >= 4 is 23.3 Å². The molecule has 0 aliphatic carbocycles. The van der Waals surface area contributed by atoms with Crippen molar-refractivity contribution in [3.63, 3.8) is 0 Å². The predicted molar refractivity (Wildman–Crippen MR) is 86.1 cm³/mol. The minimum Gasteiger partial charge on any atom is -0.491 e. The first-order valence-corrected chi connectivity index (χ1v) is 6.96. The van der Waals surface area contributed by atoms with Crippen molar-refractivity contribution in [1.29, 1.82) is 0 Å². The number of ether oxygens (including phenoxy) is 1. The van der Waals surface area contributed by atoms with Crippen LogP contribution in [0, 0.1) is 0 Å². The molecule has 2 aromatic rings. The molecule has 0 radical (unpaired) electrons. The smallest absolute Gasteiger partial charge is 0.223 e. The van der Waals surface area contributed by atoms with Gasteiger partial charge >= 0.3 is 0 Å². The van der Waals surface area contributed by atoms with Crippen LogP contribution in [0.4, 0.5) is 23.3 Å². The number of nitrogens with zero attached hydrogens (tertiary/aromatic N) is 2. The second kappa shape index (κ2) is 6.78. The van der Waals surface area contributed by atoms with E-state index in [1.807, 2.05) is 31.2 Å². The van der Waals surface area contributed by atoms with Gasteiger partial charge in [0.15, 0.2) is 0 Å². The molecular formula is C15H21N5O. The molecule has 1 unspecified atom stereocenters. The van der Waals surface area contributed by atoms with Crippen molar-refractivity contribution in [2.24, 2.45) is 0 Å². The van der Waals surface area contributed by atoms with Crippen LogP contribution in [0.15, 0.2) is 30.3 Å². The van der Waals surface area contributed by atoms with Gasteiger partial charge in [-0.15, -0.1) is 0 Å². The number of nitrogens with one attached hydrogen (secondary N) is 2. The van der Waals surface area contributed by atoms with E-state index in [4.69, 9.17) is 10.5 Å². The highest BCUT2D eigenvalue weighted by atomic mass is 16.5. The van der Waals surface area contributed by atoms with Crippen LogP contribution < -0.4 is 21.1 Å². The molecule has 6 heteroatoms. The largest absolute Gasteiger partial charge is 0.491 e. The fourth-order valence-corrected chi connectivity index (χ4v) is 1.77. The Labute approximate surface area is 124 Å². The highest BCUT2D eigenvalue weighted by molar-refractivity contribution is 5.61. The maximum atomic E-state index is 5.80. The highest BCUT2D eigenvalue weighted by Crippen LogP contribution is 2.23. The van der Waals surface area contributed by atoms with E-state index < -0.39 is 0 Å². The van der Waals surface area contributed by atoms with Crippen LogP contribution in [0.2, 0.25) is 0 Å². The Hall–Kier alpha value is -2.50. The maximum absolute atomic E-state index is 5.80. The lowest BCUT2D eigenvalue weighted by atomic mass is 10.2. The van der Waals surface area contributed by atoms with Crippen LogP contribution in [-0.2, 0) is 0 Å². The van der Waals surface area contributed by atoms with E-state index in [0.717, 1.165) is 17.9 Å². The summed E-state index contributed by atoms with van der Waals surface area (Å²) in [4.78, 5) is 8.21. The Morgan fingerprint density at radius 2 is 2.00 bits per heavy atom. The van der Waals surface area contributed by atoms with Gasteiger partial charge in [0.2, 0.25) is 5.95 Å². The number of hydrogen-bond donors (Lipinski definition) is 3. The van der Waals surface area contributed by atoms with Crippen molar-refractivity contribution < 1.29 is 4.74 Å². The summed E-state index contributed by atoms with van der Waals surface area (Å²) in [5, 5.41) is 6.14. The van der Waals surface area contributed by atoms with Crippen LogP contribution in [0.25, 0.3) is 0 Å². The van der Waals surface area contributed by atoms with Gasteiger partial charge in [0, 0.05) is 24.9 Å². The number of aromatic nitrogens is 2. The molecule has 1 aromatic heterocycles. The van der Waals surface area contributed by atoms with Crippen LogP contribution in [0.5, 0.6) is 5.75 Å². The molecule has 0 saturated carbocycles. The molecule has 0 amide bonds. The third kappa shape index (κ3) is 4.24. The van der Waals surface area contributed by atoms with Gasteiger partial charge in [0.25, 0.3) is 0 Å². The topological polar surface area (TPSA) is 85.1 Å². The average molecular weight is 287 g/mol. The zero-order valence-electron chi connectivity index (χ0n) is 12.6. The lowest BCUT2D eigenvalue weighted by Crippen LogP contribution is -2.09. The Kier molecular flexibility index (Phi) is 4.81. The average Bonchev–Trinajstić information content (AvgIpc) is 2.46. The molecule has 1 atom stereocenters. The third-order valence-corrected chi connectivity index (χ3v) is 3.02. The monoisotopic (exact) mass is 287 g/mol. The van der Waals surface area contributed by atoms with Gasteiger partial charge in [0.05, 0.1) is 6.10 Å². The standard InChI is InChI=1S/C15H21N5O/c1-4-10(2)21-12-7-5-6-11(8-12)18-14-9-13(17-3)19-15(16)20-14/h5-10H,4H2,1-3H3,(H4,16,17,18,19,20). The van der Waals surface area contributed by atoms with E-state index >= 15 is 0 Å². The molecule has 0 bridgehead atoms. The molecule has 4 N–H and O–H groups in total. The number of anilines is 4. The highest BCUT2D eigenvalue weighted by Gasteiger charge is 2.04. The first-order valence-electron chi connectivity index (χ1n) is 6.96. The molecule has 0 spiro atoms. The molecule has 112 valence electrons. The van der Waals surface area contributed by atoms with Gasteiger partial charge in [0.1, 0.15) is 17.4 Å². The van der Waals surface area contributed by atoms with E-state index in [1.165, 1.54) is 0 Å². The predicted octanol–water partition coefficient (Wildman–Crippen LogP) is 3.02. The fourth-order valence-electron chi connectivity index (χ4n) is 1.77. The second-order valence-corrected chi connectivity index (χ2v) is 4.74. The van der Waals surface area contributed by atoms with Gasteiger partial charge in [-0.1, -0.05) is 13.0 Å². The second-order valence-electron chi connectivity index (χ2n) is 4.74. The number of nitrogens with two attached hydrogens (primary N) is 1. The summed E-state index contributed by atoms with van der Waals surface area (Å²) in [5.74, 6) is 2.34. The summed E-state index contributed by atoms with van der Waals surface area (Å²) in [6, 6.07) is 9.54. The van der Waals surface area contributed by atoms with Crippen molar-refractivity contribution in [2.75, 3.05) is 23.4 Å². The third-order valence-electron chi connectivity index (χ3n) is 3.02. The molecule has 0 aliphatic heterocycles. The SMILES string of the molecule is CCC(C)Oc1cccc(Nc2cc(NC)nc(N)n2)c1. The summed E-state index contributed by atoms with van der Waals surface area (Å²) in [7, 11) is 1.78. The molecular weight excluding hydrogens is 266 g/mol. The van der Waals surface area contributed by atoms with Crippen LogP contribution in [-0.4, -0.2) is 23.1 Å².